The number of aliphatic hydroxyl groups is 1. The predicted molar refractivity (Wildman–Crippen MR) is 97.1 cm³/mol. The Labute approximate surface area is 146 Å². The highest BCUT2D eigenvalue weighted by Crippen LogP contribution is 2.35. The maximum absolute atomic E-state index is 10.4. The van der Waals surface area contributed by atoms with Gasteiger partial charge in [-0.2, -0.15) is 0 Å². The number of benzene rings is 1. The van der Waals surface area contributed by atoms with Gasteiger partial charge in [-0.25, -0.2) is 0 Å². The summed E-state index contributed by atoms with van der Waals surface area (Å²) in [6.45, 7) is 5.84. The molecule has 23 heavy (non-hydrogen) atoms. The van der Waals surface area contributed by atoms with E-state index >= 15 is 0 Å². The number of hydrogen-bond acceptors (Lipinski definition) is 3. The van der Waals surface area contributed by atoms with Crippen LogP contribution in [0.1, 0.15) is 32.3 Å². The maximum Gasteiger partial charge on any atom is 0.128 e. The number of nitrogens with one attached hydrogen (secondary N) is 1. The first-order valence-corrected chi connectivity index (χ1v) is 9.00. The van der Waals surface area contributed by atoms with E-state index in [0.717, 1.165) is 53.6 Å². The van der Waals surface area contributed by atoms with Crippen molar-refractivity contribution < 1.29 is 9.84 Å². The van der Waals surface area contributed by atoms with Gasteiger partial charge in [0.2, 0.25) is 0 Å². The Morgan fingerprint density at radius 3 is 2.91 bits per heavy atom. The van der Waals surface area contributed by atoms with Crippen LogP contribution >= 0.6 is 15.9 Å². The molecule has 2 heterocycles. The number of rotatable bonds is 5. The molecular weight excluding hydrogens is 356 g/mol. The van der Waals surface area contributed by atoms with Crippen molar-refractivity contribution >= 4 is 26.8 Å². The van der Waals surface area contributed by atoms with E-state index in [1.54, 1.807) is 7.11 Å². The first kappa shape index (κ1) is 16.8. The topological polar surface area (TPSA) is 48.5 Å². The molecule has 126 valence electrons. The monoisotopic (exact) mass is 380 g/mol. The van der Waals surface area contributed by atoms with Gasteiger partial charge in [-0.15, -0.1) is 0 Å². The van der Waals surface area contributed by atoms with Gasteiger partial charge in [0.05, 0.1) is 22.8 Å². The van der Waals surface area contributed by atoms with Gasteiger partial charge in [-0.3, -0.25) is 4.90 Å². The SMILES string of the molecule is COc1cccc2[nH]c(Br)c(CCN3CCCC3C(C)(C)O)c12. The molecule has 1 atom stereocenters. The zero-order chi connectivity index (χ0) is 16.6. The minimum atomic E-state index is -0.647. The molecule has 5 heteroatoms. The Morgan fingerprint density at radius 1 is 1.43 bits per heavy atom. The quantitative estimate of drug-likeness (QED) is 0.830. The minimum absolute atomic E-state index is 0.244. The standard InChI is InChI=1S/C18H25BrN2O2/c1-18(2,22)15-8-5-10-21(15)11-9-12-16-13(20-17(12)19)6-4-7-14(16)23-3/h4,6-7,15,20,22H,5,8-11H2,1-3H3. The van der Waals surface area contributed by atoms with E-state index in [2.05, 4.69) is 31.9 Å². The smallest absolute Gasteiger partial charge is 0.128 e. The molecule has 3 rings (SSSR count). The lowest BCUT2D eigenvalue weighted by Crippen LogP contribution is -2.46. The molecule has 0 bridgehead atoms. The normalized spacial score (nSPS) is 19.6. The summed E-state index contributed by atoms with van der Waals surface area (Å²) in [6, 6.07) is 6.32. The van der Waals surface area contributed by atoms with Crippen LogP contribution in [0.3, 0.4) is 0 Å². The largest absolute Gasteiger partial charge is 0.496 e. The van der Waals surface area contributed by atoms with Crippen LogP contribution in [-0.2, 0) is 6.42 Å². The Balaban J connectivity index is 1.83. The van der Waals surface area contributed by atoms with Crippen molar-refractivity contribution in [1.29, 1.82) is 0 Å². The Kier molecular flexibility index (Phi) is 4.72. The van der Waals surface area contributed by atoms with Gasteiger partial charge < -0.3 is 14.8 Å². The van der Waals surface area contributed by atoms with Crippen LogP contribution in [-0.4, -0.2) is 46.8 Å². The van der Waals surface area contributed by atoms with E-state index < -0.39 is 5.60 Å². The van der Waals surface area contributed by atoms with E-state index in [1.807, 2.05) is 26.0 Å². The van der Waals surface area contributed by atoms with Crippen molar-refractivity contribution in [3.63, 3.8) is 0 Å². The molecule has 1 saturated heterocycles. The summed E-state index contributed by atoms with van der Waals surface area (Å²) >= 11 is 3.66. The number of likely N-dealkylation sites (tertiary alicyclic amines) is 1. The molecule has 0 aliphatic carbocycles. The van der Waals surface area contributed by atoms with Gasteiger partial charge in [-0.05, 0) is 73.3 Å². The highest BCUT2D eigenvalue weighted by atomic mass is 79.9. The first-order chi connectivity index (χ1) is 10.9. The summed E-state index contributed by atoms with van der Waals surface area (Å²) in [5.74, 6) is 0.903. The molecule has 2 aromatic rings. The second kappa shape index (κ2) is 6.46. The Hall–Kier alpha value is -1.04. The van der Waals surface area contributed by atoms with Crippen LogP contribution in [0.2, 0.25) is 0 Å². The number of fused-ring (bicyclic) bond motifs is 1. The molecule has 0 radical (unpaired) electrons. The molecule has 0 spiro atoms. The van der Waals surface area contributed by atoms with Crippen LogP contribution in [0, 0.1) is 0 Å². The summed E-state index contributed by atoms with van der Waals surface area (Å²) in [4.78, 5) is 5.80. The van der Waals surface area contributed by atoms with Gasteiger partial charge in [0.15, 0.2) is 0 Å². The molecular formula is C18H25BrN2O2. The summed E-state index contributed by atoms with van der Waals surface area (Å²) in [7, 11) is 1.71. The lowest BCUT2D eigenvalue weighted by atomic mass is 9.96. The molecule has 1 unspecified atom stereocenters. The lowest BCUT2D eigenvalue weighted by Gasteiger charge is -2.33. The Morgan fingerprint density at radius 2 is 2.22 bits per heavy atom. The highest BCUT2D eigenvalue weighted by Gasteiger charge is 2.35. The van der Waals surface area contributed by atoms with Crippen LogP contribution in [0.4, 0.5) is 0 Å². The third kappa shape index (κ3) is 3.28. The molecule has 1 aliphatic rings. The third-order valence-corrected chi connectivity index (χ3v) is 5.56. The van der Waals surface area contributed by atoms with Gasteiger partial charge in [-0.1, -0.05) is 6.07 Å². The summed E-state index contributed by atoms with van der Waals surface area (Å²) in [5.41, 5.74) is 1.69. The molecule has 0 saturated carbocycles. The lowest BCUT2D eigenvalue weighted by molar-refractivity contribution is -0.00194. The molecule has 4 nitrogen and oxygen atoms in total. The van der Waals surface area contributed by atoms with Crippen molar-refractivity contribution in [2.24, 2.45) is 0 Å². The molecule has 2 N–H and O–H groups in total. The molecule has 1 fully saturated rings. The van der Waals surface area contributed by atoms with E-state index in [1.165, 1.54) is 5.56 Å². The number of aromatic amines is 1. The first-order valence-electron chi connectivity index (χ1n) is 8.21. The van der Waals surface area contributed by atoms with Crippen LogP contribution in [0.15, 0.2) is 22.8 Å². The van der Waals surface area contributed by atoms with Crippen LogP contribution in [0.5, 0.6) is 5.75 Å². The van der Waals surface area contributed by atoms with Crippen LogP contribution < -0.4 is 4.74 Å². The van der Waals surface area contributed by atoms with E-state index in [0.29, 0.717) is 0 Å². The van der Waals surface area contributed by atoms with Crippen molar-refractivity contribution in [2.75, 3.05) is 20.2 Å². The fourth-order valence-corrected chi connectivity index (χ4v) is 4.41. The fourth-order valence-electron chi connectivity index (χ4n) is 3.80. The second-order valence-electron chi connectivity index (χ2n) is 6.90. The van der Waals surface area contributed by atoms with E-state index in [-0.39, 0.29) is 6.04 Å². The molecule has 1 aliphatic heterocycles. The van der Waals surface area contributed by atoms with Gasteiger partial charge in [0, 0.05) is 18.0 Å². The fraction of sp³-hybridized carbons (Fsp3) is 0.556. The van der Waals surface area contributed by atoms with Gasteiger partial charge in [0.1, 0.15) is 5.75 Å². The van der Waals surface area contributed by atoms with Gasteiger partial charge >= 0.3 is 0 Å². The number of H-pyrrole nitrogens is 1. The molecule has 1 aromatic heterocycles. The average molecular weight is 381 g/mol. The average Bonchev–Trinajstić information content (AvgIpc) is 3.08. The summed E-state index contributed by atoms with van der Waals surface area (Å²) in [5, 5.41) is 11.5. The highest BCUT2D eigenvalue weighted by molar-refractivity contribution is 9.10. The Bertz CT molecular complexity index is 690. The van der Waals surface area contributed by atoms with Crippen molar-refractivity contribution in [3.8, 4) is 5.75 Å². The summed E-state index contributed by atoms with van der Waals surface area (Å²) in [6.07, 6.45) is 3.16. The number of ether oxygens (including phenoxy) is 1. The number of methoxy groups -OCH3 is 1. The third-order valence-electron chi connectivity index (χ3n) is 4.89. The number of halogens is 1. The predicted octanol–water partition coefficient (Wildman–Crippen LogP) is 3.72. The molecule has 1 aromatic carbocycles. The zero-order valence-corrected chi connectivity index (χ0v) is 15.6. The maximum atomic E-state index is 10.4. The zero-order valence-electron chi connectivity index (χ0n) is 14.0. The van der Waals surface area contributed by atoms with Crippen LogP contribution in [0.25, 0.3) is 10.9 Å². The number of hydrogen-bond donors (Lipinski definition) is 2. The van der Waals surface area contributed by atoms with Crippen molar-refractivity contribution in [2.45, 2.75) is 44.8 Å². The van der Waals surface area contributed by atoms with E-state index in [9.17, 15) is 5.11 Å². The number of aromatic nitrogens is 1. The van der Waals surface area contributed by atoms with Crippen molar-refractivity contribution in [1.82, 2.24) is 9.88 Å². The minimum Gasteiger partial charge on any atom is -0.496 e. The number of nitrogens with zero attached hydrogens (tertiary/aromatic N) is 1. The van der Waals surface area contributed by atoms with Gasteiger partial charge in [0.25, 0.3) is 0 Å². The molecule has 0 amide bonds. The summed E-state index contributed by atoms with van der Waals surface area (Å²) < 4.78 is 6.56. The second-order valence-corrected chi connectivity index (χ2v) is 7.69. The van der Waals surface area contributed by atoms with E-state index in [4.69, 9.17) is 4.74 Å². The van der Waals surface area contributed by atoms with Crippen molar-refractivity contribution in [3.05, 3.63) is 28.4 Å².